The maximum atomic E-state index is 12.8. The lowest BCUT2D eigenvalue weighted by atomic mass is 10.00. The topological polar surface area (TPSA) is 59.4 Å². The molecule has 3 rings (SSSR count). The molecule has 1 unspecified atom stereocenters. The molecule has 0 aliphatic carbocycles. The Labute approximate surface area is 174 Å². The van der Waals surface area contributed by atoms with Crippen LogP contribution < -0.4 is 5.32 Å². The first-order valence-corrected chi connectivity index (χ1v) is 10.6. The van der Waals surface area contributed by atoms with Crippen LogP contribution in [0.1, 0.15) is 54.8 Å². The molecule has 1 atom stereocenters. The summed E-state index contributed by atoms with van der Waals surface area (Å²) in [5.41, 5.74) is 5.17. The molecule has 6 heteroatoms. The molecular formula is C23H34N4O2. The van der Waals surface area contributed by atoms with Gasteiger partial charge in [-0.3, -0.25) is 0 Å². The molecule has 2 aromatic rings. The second-order valence-electron chi connectivity index (χ2n) is 8.47. The minimum Gasteiger partial charge on any atom is -0.376 e. The number of hydrogen-bond acceptors (Lipinski definition) is 3. The van der Waals surface area contributed by atoms with Crippen LogP contribution in [0.5, 0.6) is 0 Å². The smallest absolute Gasteiger partial charge is 0.318 e. The zero-order valence-electron chi connectivity index (χ0n) is 18.4. The fraction of sp³-hybridized carbons (Fsp3) is 0.565. The average Bonchev–Trinajstić information content (AvgIpc) is 3.29. The molecule has 2 heterocycles. The molecule has 158 valence electrons. The Balaban J connectivity index is 1.78. The summed E-state index contributed by atoms with van der Waals surface area (Å²) in [5, 5.41) is 3.02. The summed E-state index contributed by atoms with van der Waals surface area (Å²) in [5.74, 6) is 0.890. The van der Waals surface area contributed by atoms with Crippen molar-refractivity contribution in [3.05, 3.63) is 52.6 Å². The van der Waals surface area contributed by atoms with Crippen LogP contribution in [-0.2, 0) is 17.8 Å². The first-order chi connectivity index (χ1) is 13.8. The van der Waals surface area contributed by atoms with E-state index < -0.39 is 0 Å². The lowest BCUT2D eigenvalue weighted by Gasteiger charge is -2.27. The summed E-state index contributed by atoms with van der Waals surface area (Å²) in [7, 11) is 0. The van der Waals surface area contributed by atoms with Gasteiger partial charge in [0.15, 0.2) is 0 Å². The zero-order valence-corrected chi connectivity index (χ0v) is 18.4. The standard InChI is InChI=1S/C23H34N4O2/c1-16(2)25-23(28)27(13-20-7-6-10-29-20)15-22-24-8-9-26(22)14-21-18(4)11-17(3)12-19(21)5/h8-9,11-12,16,20H,6-7,10,13-15H2,1-5H3,(H,25,28). The molecule has 0 bridgehead atoms. The van der Waals surface area contributed by atoms with Gasteiger partial charge in [0.2, 0.25) is 0 Å². The van der Waals surface area contributed by atoms with Crippen LogP contribution >= 0.6 is 0 Å². The van der Waals surface area contributed by atoms with Gasteiger partial charge in [-0.25, -0.2) is 9.78 Å². The summed E-state index contributed by atoms with van der Waals surface area (Å²) in [6.07, 6.45) is 5.99. The minimum atomic E-state index is -0.0623. The van der Waals surface area contributed by atoms with Gasteiger partial charge in [-0.05, 0) is 64.2 Å². The maximum absolute atomic E-state index is 12.8. The van der Waals surface area contributed by atoms with Crippen molar-refractivity contribution in [1.82, 2.24) is 19.8 Å². The van der Waals surface area contributed by atoms with Crippen molar-refractivity contribution >= 4 is 6.03 Å². The van der Waals surface area contributed by atoms with E-state index in [4.69, 9.17) is 4.74 Å². The van der Waals surface area contributed by atoms with E-state index in [0.29, 0.717) is 13.1 Å². The fourth-order valence-electron chi connectivity index (χ4n) is 4.03. The number of nitrogens with one attached hydrogen (secondary N) is 1. The van der Waals surface area contributed by atoms with E-state index in [2.05, 4.69) is 47.8 Å². The van der Waals surface area contributed by atoms with Crippen LogP contribution in [0.4, 0.5) is 4.79 Å². The van der Waals surface area contributed by atoms with E-state index in [1.165, 1.54) is 22.3 Å². The molecule has 0 radical (unpaired) electrons. The molecule has 1 N–H and O–H groups in total. The van der Waals surface area contributed by atoms with Gasteiger partial charge in [-0.1, -0.05) is 17.7 Å². The Kier molecular flexibility index (Phi) is 6.96. The number of ether oxygens (including phenoxy) is 1. The number of benzene rings is 1. The highest BCUT2D eigenvalue weighted by molar-refractivity contribution is 5.74. The maximum Gasteiger partial charge on any atom is 0.318 e. The Morgan fingerprint density at radius 2 is 2.03 bits per heavy atom. The number of nitrogens with zero attached hydrogens (tertiary/aromatic N) is 3. The number of rotatable bonds is 7. The number of aromatic nitrogens is 2. The van der Waals surface area contributed by atoms with Crippen molar-refractivity contribution in [2.45, 2.75) is 72.7 Å². The van der Waals surface area contributed by atoms with Gasteiger partial charge >= 0.3 is 6.03 Å². The summed E-state index contributed by atoms with van der Waals surface area (Å²) >= 11 is 0. The Morgan fingerprint density at radius 3 is 2.66 bits per heavy atom. The molecule has 0 spiro atoms. The quantitative estimate of drug-likeness (QED) is 0.768. The fourth-order valence-corrected chi connectivity index (χ4v) is 4.03. The third-order valence-corrected chi connectivity index (χ3v) is 5.45. The Hall–Kier alpha value is -2.34. The van der Waals surface area contributed by atoms with Gasteiger partial charge < -0.3 is 19.5 Å². The first-order valence-electron chi connectivity index (χ1n) is 10.6. The monoisotopic (exact) mass is 398 g/mol. The van der Waals surface area contributed by atoms with Crippen LogP contribution in [0.2, 0.25) is 0 Å². The normalized spacial score (nSPS) is 16.4. The van der Waals surface area contributed by atoms with Gasteiger partial charge in [0.1, 0.15) is 5.82 Å². The lowest BCUT2D eigenvalue weighted by molar-refractivity contribution is 0.0782. The van der Waals surface area contributed by atoms with Gasteiger partial charge in [-0.2, -0.15) is 0 Å². The highest BCUT2D eigenvalue weighted by Gasteiger charge is 2.24. The molecule has 29 heavy (non-hydrogen) atoms. The summed E-state index contributed by atoms with van der Waals surface area (Å²) < 4.78 is 7.93. The highest BCUT2D eigenvalue weighted by atomic mass is 16.5. The SMILES string of the molecule is Cc1cc(C)c(Cn2ccnc2CN(CC2CCCO2)C(=O)NC(C)C)c(C)c1. The van der Waals surface area contributed by atoms with E-state index in [1.807, 2.05) is 31.1 Å². The predicted octanol–water partition coefficient (Wildman–Crippen LogP) is 3.96. The number of urea groups is 1. The van der Waals surface area contributed by atoms with E-state index >= 15 is 0 Å². The van der Waals surface area contributed by atoms with Crippen LogP contribution in [0.3, 0.4) is 0 Å². The molecule has 1 aliphatic rings. The summed E-state index contributed by atoms with van der Waals surface area (Å²) in [6.45, 7) is 13.0. The average molecular weight is 399 g/mol. The van der Waals surface area contributed by atoms with Crippen LogP contribution in [-0.4, -0.2) is 45.8 Å². The summed E-state index contributed by atoms with van der Waals surface area (Å²) in [6, 6.07) is 4.47. The molecule has 1 aromatic carbocycles. The van der Waals surface area contributed by atoms with E-state index in [0.717, 1.165) is 31.8 Å². The minimum absolute atomic E-state index is 0.0623. The van der Waals surface area contributed by atoms with E-state index in [9.17, 15) is 4.79 Å². The molecular weight excluding hydrogens is 364 g/mol. The number of amides is 2. The predicted molar refractivity (Wildman–Crippen MR) is 115 cm³/mol. The van der Waals surface area contributed by atoms with Crippen molar-refractivity contribution in [1.29, 1.82) is 0 Å². The van der Waals surface area contributed by atoms with Crippen LogP contribution in [0.25, 0.3) is 0 Å². The molecule has 6 nitrogen and oxygen atoms in total. The second-order valence-corrected chi connectivity index (χ2v) is 8.47. The van der Waals surface area contributed by atoms with Gasteiger partial charge in [-0.15, -0.1) is 0 Å². The van der Waals surface area contributed by atoms with Crippen molar-refractivity contribution in [2.75, 3.05) is 13.2 Å². The van der Waals surface area contributed by atoms with E-state index in [-0.39, 0.29) is 18.2 Å². The number of carbonyl (C=O) groups excluding carboxylic acids is 1. The largest absolute Gasteiger partial charge is 0.376 e. The van der Waals surface area contributed by atoms with Crippen molar-refractivity contribution < 1.29 is 9.53 Å². The molecule has 1 aliphatic heterocycles. The third kappa shape index (κ3) is 5.60. The first kappa shape index (κ1) is 21.4. The van der Waals surface area contributed by atoms with Crippen molar-refractivity contribution in [2.24, 2.45) is 0 Å². The van der Waals surface area contributed by atoms with Crippen LogP contribution in [0.15, 0.2) is 24.5 Å². The summed E-state index contributed by atoms with van der Waals surface area (Å²) in [4.78, 5) is 19.2. The molecule has 1 fully saturated rings. The molecule has 1 saturated heterocycles. The Morgan fingerprint density at radius 1 is 1.31 bits per heavy atom. The molecule has 1 aromatic heterocycles. The zero-order chi connectivity index (χ0) is 21.0. The molecule has 0 saturated carbocycles. The highest BCUT2D eigenvalue weighted by Crippen LogP contribution is 2.19. The number of imidazole rings is 1. The molecule has 2 amide bonds. The number of aryl methyl sites for hydroxylation is 3. The number of carbonyl (C=O) groups is 1. The van der Waals surface area contributed by atoms with Crippen molar-refractivity contribution in [3.8, 4) is 0 Å². The van der Waals surface area contributed by atoms with Crippen molar-refractivity contribution in [3.63, 3.8) is 0 Å². The third-order valence-electron chi connectivity index (χ3n) is 5.45. The van der Waals surface area contributed by atoms with Gasteiger partial charge in [0.05, 0.1) is 12.6 Å². The van der Waals surface area contributed by atoms with Crippen LogP contribution in [0, 0.1) is 20.8 Å². The van der Waals surface area contributed by atoms with Gasteiger partial charge in [0.25, 0.3) is 0 Å². The van der Waals surface area contributed by atoms with E-state index in [1.54, 1.807) is 0 Å². The Bertz CT molecular complexity index is 814. The van der Waals surface area contributed by atoms with Gasteiger partial charge in [0, 0.05) is 38.1 Å². The number of hydrogen-bond donors (Lipinski definition) is 1. The lowest BCUT2D eigenvalue weighted by Crippen LogP contribution is -2.46. The second kappa shape index (κ2) is 9.44.